The highest BCUT2D eigenvalue weighted by molar-refractivity contribution is 5.66. The maximum Gasteiger partial charge on any atom is 0.318 e. The van der Waals surface area contributed by atoms with Crippen LogP contribution >= 0.6 is 0 Å². The quantitative estimate of drug-likeness (QED) is 0.580. The summed E-state index contributed by atoms with van der Waals surface area (Å²) in [5.74, 6) is -1.07. The van der Waals surface area contributed by atoms with Gasteiger partial charge in [0.1, 0.15) is 6.07 Å². The van der Waals surface area contributed by atoms with Crippen LogP contribution in [0.4, 0.5) is 17.1 Å². The Morgan fingerprint density at radius 1 is 0.926 bits per heavy atom. The SMILES string of the molecule is CCOc1c([N+](=O)[O-])cc([N+](=O)[O-])c(O)c1C.O=[N+]([O-])c1ccccc1O. The average molecular weight is 381 g/mol. The zero-order valence-corrected chi connectivity index (χ0v) is 14.2. The van der Waals surface area contributed by atoms with Gasteiger partial charge in [0.2, 0.25) is 11.5 Å². The van der Waals surface area contributed by atoms with Gasteiger partial charge < -0.3 is 14.9 Å². The van der Waals surface area contributed by atoms with Crippen LogP contribution in [0.1, 0.15) is 12.5 Å². The Balaban J connectivity index is 0.000000309. The molecule has 0 unspecified atom stereocenters. The molecule has 0 saturated heterocycles. The second-order valence-corrected chi connectivity index (χ2v) is 4.91. The van der Waals surface area contributed by atoms with Crippen molar-refractivity contribution >= 4 is 17.1 Å². The minimum Gasteiger partial charge on any atom is -0.502 e. The molecule has 0 fully saturated rings. The van der Waals surface area contributed by atoms with E-state index in [1.807, 2.05) is 0 Å². The van der Waals surface area contributed by atoms with Gasteiger partial charge in [-0.05, 0) is 19.9 Å². The number of nitro benzene ring substituents is 3. The Morgan fingerprint density at radius 2 is 1.44 bits per heavy atom. The van der Waals surface area contributed by atoms with Crippen molar-refractivity contribution in [2.45, 2.75) is 13.8 Å². The first kappa shape index (κ1) is 21.1. The van der Waals surface area contributed by atoms with E-state index in [-0.39, 0.29) is 29.4 Å². The van der Waals surface area contributed by atoms with E-state index in [9.17, 15) is 35.4 Å². The lowest BCUT2D eigenvalue weighted by atomic mass is 10.1. The molecule has 0 aliphatic rings. The summed E-state index contributed by atoms with van der Waals surface area (Å²) in [5.41, 5.74) is -1.53. The fourth-order valence-corrected chi connectivity index (χ4v) is 1.98. The van der Waals surface area contributed by atoms with Crippen LogP contribution in [0.25, 0.3) is 0 Å². The molecule has 0 radical (unpaired) electrons. The Kier molecular flexibility index (Phi) is 6.98. The number of aromatic hydroxyl groups is 2. The molecule has 12 nitrogen and oxygen atoms in total. The van der Waals surface area contributed by atoms with Crippen LogP contribution in [-0.2, 0) is 0 Å². The molecule has 144 valence electrons. The van der Waals surface area contributed by atoms with Crippen molar-refractivity contribution < 1.29 is 29.7 Å². The predicted molar refractivity (Wildman–Crippen MR) is 92.1 cm³/mol. The lowest BCUT2D eigenvalue weighted by Gasteiger charge is -2.09. The highest BCUT2D eigenvalue weighted by Gasteiger charge is 2.28. The number of hydrogen-bond donors (Lipinski definition) is 2. The summed E-state index contributed by atoms with van der Waals surface area (Å²) in [6, 6.07) is 6.24. The van der Waals surface area contributed by atoms with Crippen molar-refractivity contribution in [2.24, 2.45) is 0 Å². The summed E-state index contributed by atoms with van der Waals surface area (Å²) in [6.07, 6.45) is 0. The van der Waals surface area contributed by atoms with Crippen molar-refractivity contribution in [3.63, 3.8) is 0 Å². The van der Waals surface area contributed by atoms with Gasteiger partial charge in [-0.15, -0.1) is 0 Å². The largest absolute Gasteiger partial charge is 0.502 e. The van der Waals surface area contributed by atoms with Gasteiger partial charge in [-0.1, -0.05) is 12.1 Å². The smallest absolute Gasteiger partial charge is 0.318 e. The number of nitro groups is 3. The number of benzene rings is 2. The van der Waals surface area contributed by atoms with Crippen molar-refractivity contribution in [1.82, 2.24) is 0 Å². The van der Waals surface area contributed by atoms with Crippen LogP contribution in [-0.4, -0.2) is 31.6 Å². The van der Waals surface area contributed by atoms with Crippen molar-refractivity contribution in [3.8, 4) is 17.2 Å². The summed E-state index contributed by atoms with van der Waals surface area (Å²) in [7, 11) is 0. The van der Waals surface area contributed by atoms with Gasteiger partial charge in [-0.2, -0.15) is 0 Å². The lowest BCUT2D eigenvalue weighted by Crippen LogP contribution is -2.02. The van der Waals surface area contributed by atoms with E-state index in [1.54, 1.807) is 6.92 Å². The monoisotopic (exact) mass is 381 g/mol. The summed E-state index contributed by atoms with van der Waals surface area (Å²) >= 11 is 0. The number of hydrogen-bond acceptors (Lipinski definition) is 9. The molecule has 0 saturated carbocycles. The van der Waals surface area contributed by atoms with Gasteiger partial charge in [-0.25, -0.2) is 0 Å². The fourth-order valence-electron chi connectivity index (χ4n) is 1.98. The maximum atomic E-state index is 10.8. The van der Waals surface area contributed by atoms with Crippen LogP contribution in [0.15, 0.2) is 30.3 Å². The first-order chi connectivity index (χ1) is 12.6. The summed E-state index contributed by atoms with van der Waals surface area (Å²) in [4.78, 5) is 29.1. The number of para-hydroxylation sites is 2. The number of nitrogens with zero attached hydrogens (tertiary/aromatic N) is 3. The van der Waals surface area contributed by atoms with E-state index < -0.39 is 31.9 Å². The number of rotatable bonds is 5. The lowest BCUT2D eigenvalue weighted by molar-refractivity contribution is -0.395. The molecule has 2 N–H and O–H groups in total. The zero-order valence-electron chi connectivity index (χ0n) is 14.2. The van der Waals surface area contributed by atoms with Crippen LogP contribution in [0, 0.1) is 37.3 Å². The Morgan fingerprint density at radius 3 is 1.85 bits per heavy atom. The van der Waals surface area contributed by atoms with Gasteiger partial charge in [0.05, 0.1) is 21.4 Å². The predicted octanol–water partition coefficient (Wildman–Crippen LogP) is 3.22. The van der Waals surface area contributed by atoms with Crippen LogP contribution in [0.5, 0.6) is 17.2 Å². The molecule has 0 heterocycles. The first-order valence-electron chi connectivity index (χ1n) is 7.32. The molecule has 2 aromatic carbocycles. The topological polar surface area (TPSA) is 179 Å². The third kappa shape index (κ3) is 5.01. The molecule has 2 rings (SSSR count). The highest BCUT2D eigenvalue weighted by Crippen LogP contribution is 2.42. The molecule has 12 heteroatoms. The Labute approximate surface area is 151 Å². The molecule has 0 aliphatic carbocycles. The second kappa shape index (κ2) is 8.94. The van der Waals surface area contributed by atoms with Gasteiger partial charge in [0, 0.05) is 11.6 Å². The van der Waals surface area contributed by atoms with E-state index in [4.69, 9.17) is 9.84 Å². The Hall–Kier alpha value is -3.96. The van der Waals surface area contributed by atoms with Crippen LogP contribution in [0.3, 0.4) is 0 Å². The molecule has 27 heavy (non-hydrogen) atoms. The molecule has 0 spiro atoms. The minimum atomic E-state index is -0.884. The molecule has 0 atom stereocenters. The number of ether oxygens (including phenoxy) is 1. The highest BCUT2D eigenvalue weighted by atomic mass is 16.6. The van der Waals surface area contributed by atoms with E-state index >= 15 is 0 Å². The van der Waals surface area contributed by atoms with Crippen molar-refractivity contribution in [2.75, 3.05) is 6.61 Å². The minimum absolute atomic E-state index is 0.0206. The first-order valence-corrected chi connectivity index (χ1v) is 7.32. The number of phenols is 2. The average Bonchev–Trinajstić information content (AvgIpc) is 2.59. The zero-order chi connectivity index (χ0) is 20.7. The summed E-state index contributed by atoms with van der Waals surface area (Å²) < 4.78 is 5.02. The van der Waals surface area contributed by atoms with E-state index in [2.05, 4.69) is 0 Å². The molecular weight excluding hydrogens is 366 g/mol. The standard InChI is InChI=1S/C9H10N2O6.C6H5NO3/c1-3-17-9-5(2)8(12)6(10(13)14)4-7(9)11(15)16;8-6-4-2-1-3-5(6)7(9)10/h4,12H,3H2,1-2H3;1-4,8H. The third-order valence-electron chi connectivity index (χ3n) is 3.20. The van der Waals surface area contributed by atoms with Crippen LogP contribution in [0.2, 0.25) is 0 Å². The van der Waals surface area contributed by atoms with E-state index in [1.165, 1.54) is 31.2 Å². The normalized spacial score (nSPS) is 9.70. The van der Waals surface area contributed by atoms with Gasteiger partial charge >= 0.3 is 17.1 Å². The maximum absolute atomic E-state index is 10.8. The van der Waals surface area contributed by atoms with Gasteiger partial charge in [0.25, 0.3) is 0 Å². The fraction of sp³-hybridized carbons (Fsp3) is 0.200. The van der Waals surface area contributed by atoms with Crippen molar-refractivity contribution in [3.05, 3.63) is 66.2 Å². The molecule has 0 amide bonds. The van der Waals surface area contributed by atoms with Crippen LogP contribution < -0.4 is 4.74 Å². The molecular formula is C15H15N3O9. The molecule has 0 bridgehead atoms. The molecule has 0 aliphatic heterocycles. The number of phenolic OH excluding ortho intramolecular Hbond substituents is 2. The van der Waals surface area contributed by atoms with Crippen molar-refractivity contribution in [1.29, 1.82) is 0 Å². The van der Waals surface area contributed by atoms with E-state index in [0.717, 1.165) is 0 Å². The molecule has 2 aromatic rings. The summed E-state index contributed by atoms with van der Waals surface area (Å²) in [6.45, 7) is 3.08. The van der Waals surface area contributed by atoms with Gasteiger partial charge in [0.15, 0.2) is 5.75 Å². The van der Waals surface area contributed by atoms with E-state index in [0.29, 0.717) is 6.07 Å². The third-order valence-corrected chi connectivity index (χ3v) is 3.20. The Bertz CT molecular complexity index is 883. The second-order valence-electron chi connectivity index (χ2n) is 4.91. The molecule has 0 aromatic heterocycles. The van der Waals surface area contributed by atoms with Gasteiger partial charge in [-0.3, -0.25) is 30.3 Å². The summed E-state index contributed by atoms with van der Waals surface area (Å²) in [5, 5.41) is 49.8.